The Bertz CT molecular complexity index is 505. The third-order valence-electron chi connectivity index (χ3n) is 3.06. The Morgan fingerprint density at radius 2 is 1.72 bits per heavy atom. The lowest BCUT2D eigenvalue weighted by molar-refractivity contribution is 0.282. The summed E-state index contributed by atoms with van der Waals surface area (Å²) in [7, 11) is 2.08. The van der Waals surface area contributed by atoms with Crippen molar-refractivity contribution < 1.29 is 5.11 Å². The van der Waals surface area contributed by atoms with Crippen LogP contribution in [0.5, 0.6) is 0 Å². The largest absolute Gasteiger partial charge is 0.392 e. The first kappa shape index (κ1) is 12.7. The standard InChI is InChI=1S/C16H19NO/c1-13-4-3-5-15(10-13)11-17(2)16-8-6-14(12-18)7-9-16/h3-10,18H,11-12H2,1-2H3. The summed E-state index contributed by atoms with van der Waals surface area (Å²) in [5, 5.41) is 9.02. The molecule has 0 fully saturated rings. The van der Waals surface area contributed by atoms with Crippen molar-refractivity contribution in [2.45, 2.75) is 20.1 Å². The van der Waals surface area contributed by atoms with Gasteiger partial charge in [-0.2, -0.15) is 0 Å². The summed E-state index contributed by atoms with van der Waals surface area (Å²) in [6, 6.07) is 16.6. The summed E-state index contributed by atoms with van der Waals surface area (Å²) >= 11 is 0. The van der Waals surface area contributed by atoms with Crippen molar-refractivity contribution in [3.63, 3.8) is 0 Å². The summed E-state index contributed by atoms with van der Waals surface area (Å²) in [5.74, 6) is 0. The van der Waals surface area contributed by atoms with E-state index in [2.05, 4.69) is 43.1 Å². The van der Waals surface area contributed by atoms with E-state index < -0.39 is 0 Å². The Kier molecular flexibility index (Phi) is 4.00. The number of benzene rings is 2. The molecule has 0 aliphatic rings. The van der Waals surface area contributed by atoms with Crippen LogP contribution < -0.4 is 4.90 Å². The van der Waals surface area contributed by atoms with E-state index in [1.807, 2.05) is 24.3 Å². The van der Waals surface area contributed by atoms with Crippen LogP contribution in [0.2, 0.25) is 0 Å². The van der Waals surface area contributed by atoms with E-state index in [1.54, 1.807) is 0 Å². The molecule has 0 spiro atoms. The number of hydrogen-bond donors (Lipinski definition) is 1. The third-order valence-corrected chi connectivity index (χ3v) is 3.06. The minimum atomic E-state index is 0.0991. The lowest BCUT2D eigenvalue weighted by Gasteiger charge is -2.20. The summed E-state index contributed by atoms with van der Waals surface area (Å²) in [6.45, 7) is 3.10. The van der Waals surface area contributed by atoms with Crippen LogP contribution in [0, 0.1) is 6.92 Å². The third kappa shape index (κ3) is 3.11. The molecule has 0 unspecified atom stereocenters. The molecule has 0 amide bonds. The summed E-state index contributed by atoms with van der Waals surface area (Å²) in [5.41, 5.74) is 4.71. The highest BCUT2D eigenvalue weighted by Crippen LogP contribution is 2.17. The normalized spacial score (nSPS) is 10.4. The zero-order chi connectivity index (χ0) is 13.0. The Hall–Kier alpha value is -1.80. The molecule has 0 saturated heterocycles. The molecule has 0 aromatic heterocycles. The van der Waals surface area contributed by atoms with Gasteiger partial charge in [0, 0.05) is 19.3 Å². The monoisotopic (exact) mass is 241 g/mol. The molecule has 0 aliphatic carbocycles. The molecule has 1 N–H and O–H groups in total. The maximum Gasteiger partial charge on any atom is 0.0681 e. The second kappa shape index (κ2) is 5.69. The molecular formula is C16H19NO. The molecule has 0 aliphatic heterocycles. The average Bonchev–Trinajstić information content (AvgIpc) is 2.39. The van der Waals surface area contributed by atoms with Crippen molar-refractivity contribution in [3.05, 3.63) is 65.2 Å². The van der Waals surface area contributed by atoms with Gasteiger partial charge in [0.1, 0.15) is 0 Å². The maximum atomic E-state index is 9.02. The topological polar surface area (TPSA) is 23.5 Å². The lowest BCUT2D eigenvalue weighted by atomic mass is 10.1. The van der Waals surface area contributed by atoms with Crippen molar-refractivity contribution in [2.24, 2.45) is 0 Å². The Morgan fingerprint density at radius 3 is 2.33 bits per heavy atom. The molecule has 0 bridgehead atoms. The predicted octanol–water partition coefficient (Wildman–Crippen LogP) is 3.12. The number of anilines is 1. The fraction of sp³-hybridized carbons (Fsp3) is 0.250. The number of hydrogen-bond acceptors (Lipinski definition) is 2. The van der Waals surface area contributed by atoms with Crippen LogP contribution in [0.3, 0.4) is 0 Å². The van der Waals surface area contributed by atoms with Crippen LogP contribution in [0.1, 0.15) is 16.7 Å². The zero-order valence-corrected chi connectivity index (χ0v) is 10.9. The van der Waals surface area contributed by atoms with E-state index in [4.69, 9.17) is 5.11 Å². The van der Waals surface area contributed by atoms with Crippen LogP contribution in [-0.4, -0.2) is 12.2 Å². The lowest BCUT2D eigenvalue weighted by Crippen LogP contribution is -2.16. The summed E-state index contributed by atoms with van der Waals surface area (Å²) in [4.78, 5) is 2.20. The number of rotatable bonds is 4. The van der Waals surface area contributed by atoms with Crippen molar-refractivity contribution >= 4 is 5.69 Å². The maximum absolute atomic E-state index is 9.02. The van der Waals surface area contributed by atoms with E-state index in [0.29, 0.717) is 0 Å². The van der Waals surface area contributed by atoms with Gasteiger partial charge >= 0.3 is 0 Å². The number of nitrogens with zero attached hydrogens (tertiary/aromatic N) is 1. The number of aliphatic hydroxyl groups excluding tert-OH is 1. The van der Waals surface area contributed by atoms with E-state index in [1.165, 1.54) is 11.1 Å². The van der Waals surface area contributed by atoms with Crippen LogP contribution in [-0.2, 0) is 13.2 Å². The molecule has 2 nitrogen and oxygen atoms in total. The van der Waals surface area contributed by atoms with Gasteiger partial charge < -0.3 is 10.0 Å². The highest BCUT2D eigenvalue weighted by atomic mass is 16.3. The number of aryl methyl sites for hydroxylation is 1. The van der Waals surface area contributed by atoms with Crippen LogP contribution in [0.4, 0.5) is 5.69 Å². The minimum absolute atomic E-state index is 0.0991. The van der Waals surface area contributed by atoms with Crippen LogP contribution in [0.15, 0.2) is 48.5 Å². The Morgan fingerprint density at radius 1 is 1.00 bits per heavy atom. The first-order chi connectivity index (χ1) is 8.69. The highest BCUT2D eigenvalue weighted by Gasteiger charge is 2.02. The molecule has 18 heavy (non-hydrogen) atoms. The van der Waals surface area contributed by atoms with Gasteiger partial charge in [-0.05, 0) is 30.2 Å². The molecule has 2 heteroatoms. The van der Waals surface area contributed by atoms with E-state index in [9.17, 15) is 0 Å². The Balaban J connectivity index is 2.09. The van der Waals surface area contributed by atoms with Crippen molar-refractivity contribution in [3.8, 4) is 0 Å². The summed E-state index contributed by atoms with van der Waals surface area (Å²) in [6.07, 6.45) is 0. The fourth-order valence-electron chi connectivity index (χ4n) is 2.03. The van der Waals surface area contributed by atoms with Gasteiger partial charge in [0.15, 0.2) is 0 Å². The molecular weight excluding hydrogens is 222 g/mol. The van der Waals surface area contributed by atoms with Gasteiger partial charge in [0.25, 0.3) is 0 Å². The molecule has 2 rings (SSSR count). The SMILES string of the molecule is Cc1cccc(CN(C)c2ccc(CO)cc2)c1. The fourth-order valence-corrected chi connectivity index (χ4v) is 2.03. The van der Waals surface area contributed by atoms with Crippen LogP contribution >= 0.6 is 0 Å². The Labute approximate surface area is 109 Å². The zero-order valence-electron chi connectivity index (χ0n) is 10.9. The smallest absolute Gasteiger partial charge is 0.0681 e. The molecule has 2 aromatic rings. The number of aliphatic hydroxyl groups is 1. The van der Waals surface area contributed by atoms with E-state index in [0.717, 1.165) is 17.8 Å². The van der Waals surface area contributed by atoms with Gasteiger partial charge in [-0.1, -0.05) is 42.0 Å². The van der Waals surface area contributed by atoms with Crippen molar-refractivity contribution in [1.29, 1.82) is 0 Å². The second-order valence-corrected chi connectivity index (χ2v) is 4.67. The van der Waals surface area contributed by atoms with Gasteiger partial charge in [-0.25, -0.2) is 0 Å². The molecule has 0 heterocycles. The van der Waals surface area contributed by atoms with Gasteiger partial charge in [-0.3, -0.25) is 0 Å². The van der Waals surface area contributed by atoms with Gasteiger partial charge in [0.2, 0.25) is 0 Å². The summed E-state index contributed by atoms with van der Waals surface area (Å²) < 4.78 is 0. The molecule has 0 atom stereocenters. The van der Waals surface area contributed by atoms with Crippen molar-refractivity contribution in [1.82, 2.24) is 0 Å². The van der Waals surface area contributed by atoms with Crippen molar-refractivity contribution in [2.75, 3.05) is 11.9 Å². The minimum Gasteiger partial charge on any atom is -0.392 e. The molecule has 94 valence electrons. The first-order valence-corrected chi connectivity index (χ1v) is 6.15. The first-order valence-electron chi connectivity index (χ1n) is 6.15. The van der Waals surface area contributed by atoms with E-state index in [-0.39, 0.29) is 6.61 Å². The molecule has 2 aromatic carbocycles. The second-order valence-electron chi connectivity index (χ2n) is 4.67. The van der Waals surface area contributed by atoms with Crippen LogP contribution in [0.25, 0.3) is 0 Å². The van der Waals surface area contributed by atoms with Gasteiger partial charge in [0.05, 0.1) is 6.61 Å². The predicted molar refractivity (Wildman–Crippen MR) is 75.7 cm³/mol. The average molecular weight is 241 g/mol. The van der Waals surface area contributed by atoms with E-state index >= 15 is 0 Å². The quantitative estimate of drug-likeness (QED) is 0.889. The molecule has 0 radical (unpaired) electrons. The van der Waals surface area contributed by atoms with Gasteiger partial charge in [-0.15, -0.1) is 0 Å². The highest BCUT2D eigenvalue weighted by molar-refractivity contribution is 5.47. The molecule has 0 saturated carbocycles.